The highest BCUT2D eigenvalue weighted by atomic mass is 35.5. The van der Waals surface area contributed by atoms with Gasteiger partial charge in [-0.3, -0.25) is 0 Å². The van der Waals surface area contributed by atoms with Crippen LogP contribution >= 0.6 is 11.6 Å². The monoisotopic (exact) mass is 262 g/mol. The van der Waals surface area contributed by atoms with Gasteiger partial charge < -0.3 is 0 Å². The lowest BCUT2D eigenvalue weighted by atomic mass is 9.98. The van der Waals surface area contributed by atoms with Crippen LogP contribution in [0, 0.1) is 5.82 Å². The predicted octanol–water partition coefficient (Wildman–Crippen LogP) is 4.91. The van der Waals surface area contributed by atoms with Crippen LogP contribution in [0.1, 0.15) is 29.0 Å². The van der Waals surface area contributed by atoms with E-state index < -0.39 is 0 Å². The SMILES string of the molecule is CCc1ccccc1C(Cl)Cc1ccc(F)cc1. The molecule has 94 valence electrons. The van der Waals surface area contributed by atoms with E-state index in [1.54, 1.807) is 12.1 Å². The number of aryl methyl sites for hydroxylation is 1. The molecule has 2 heteroatoms. The van der Waals surface area contributed by atoms with Crippen molar-refractivity contribution >= 4 is 11.6 Å². The minimum atomic E-state index is -0.209. The molecule has 0 radical (unpaired) electrons. The molecule has 0 aliphatic carbocycles. The average molecular weight is 263 g/mol. The highest BCUT2D eigenvalue weighted by Crippen LogP contribution is 2.28. The summed E-state index contributed by atoms with van der Waals surface area (Å²) >= 11 is 6.47. The summed E-state index contributed by atoms with van der Waals surface area (Å²) in [7, 11) is 0. The lowest BCUT2D eigenvalue weighted by molar-refractivity contribution is 0.627. The third kappa shape index (κ3) is 3.11. The van der Waals surface area contributed by atoms with Crippen molar-refractivity contribution in [3.05, 3.63) is 71.0 Å². The number of halogens is 2. The van der Waals surface area contributed by atoms with Crippen molar-refractivity contribution in [2.45, 2.75) is 25.1 Å². The maximum absolute atomic E-state index is 12.8. The van der Waals surface area contributed by atoms with Crippen molar-refractivity contribution in [2.24, 2.45) is 0 Å². The zero-order valence-corrected chi connectivity index (χ0v) is 11.1. The topological polar surface area (TPSA) is 0 Å². The van der Waals surface area contributed by atoms with Gasteiger partial charge in [0.05, 0.1) is 5.38 Å². The van der Waals surface area contributed by atoms with E-state index in [0.29, 0.717) is 0 Å². The molecule has 0 aliphatic heterocycles. The Bertz CT molecular complexity index is 505. The molecule has 0 fully saturated rings. The number of rotatable bonds is 4. The van der Waals surface area contributed by atoms with Gasteiger partial charge in [0.2, 0.25) is 0 Å². The molecule has 1 atom stereocenters. The molecule has 0 bridgehead atoms. The van der Waals surface area contributed by atoms with E-state index in [9.17, 15) is 4.39 Å². The van der Waals surface area contributed by atoms with Crippen LogP contribution in [0.4, 0.5) is 4.39 Å². The van der Waals surface area contributed by atoms with Crippen LogP contribution in [0.3, 0.4) is 0 Å². The zero-order valence-electron chi connectivity index (χ0n) is 10.4. The maximum Gasteiger partial charge on any atom is 0.123 e. The first-order valence-electron chi connectivity index (χ1n) is 6.17. The van der Waals surface area contributed by atoms with E-state index >= 15 is 0 Å². The van der Waals surface area contributed by atoms with E-state index in [1.165, 1.54) is 23.3 Å². The molecule has 0 spiro atoms. The Kier molecular flexibility index (Phi) is 4.38. The summed E-state index contributed by atoms with van der Waals surface area (Å²) in [6.45, 7) is 2.13. The highest BCUT2D eigenvalue weighted by Gasteiger charge is 2.12. The summed E-state index contributed by atoms with van der Waals surface area (Å²) in [6, 6.07) is 14.8. The summed E-state index contributed by atoms with van der Waals surface area (Å²) in [5.74, 6) is -0.209. The summed E-state index contributed by atoms with van der Waals surface area (Å²) in [4.78, 5) is 0. The Morgan fingerprint density at radius 2 is 1.72 bits per heavy atom. The molecule has 0 aliphatic rings. The smallest absolute Gasteiger partial charge is 0.123 e. The van der Waals surface area contributed by atoms with Crippen molar-refractivity contribution in [1.82, 2.24) is 0 Å². The Morgan fingerprint density at radius 3 is 2.39 bits per heavy atom. The van der Waals surface area contributed by atoms with Crippen molar-refractivity contribution in [3.8, 4) is 0 Å². The van der Waals surface area contributed by atoms with Crippen LogP contribution in [0.15, 0.2) is 48.5 Å². The zero-order chi connectivity index (χ0) is 13.0. The van der Waals surface area contributed by atoms with Crippen molar-refractivity contribution in [2.75, 3.05) is 0 Å². The molecule has 0 saturated carbocycles. The molecule has 0 saturated heterocycles. The lowest BCUT2D eigenvalue weighted by Crippen LogP contribution is -2.00. The van der Waals surface area contributed by atoms with Gasteiger partial charge in [0.15, 0.2) is 0 Å². The minimum absolute atomic E-state index is 0.0633. The Balaban J connectivity index is 2.16. The third-order valence-corrected chi connectivity index (χ3v) is 3.49. The molecule has 0 amide bonds. The first-order valence-corrected chi connectivity index (χ1v) is 6.60. The van der Waals surface area contributed by atoms with E-state index in [1.807, 2.05) is 12.1 Å². The van der Waals surface area contributed by atoms with Crippen LogP contribution in [0.5, 0.6) is 0 Å². The van der Waals surface area contributed by atoms with E-state index in [0.717, 1.165) is 18.4 Å². The van der Waals surface area contributed by atoms with Crippen LogP contribution in [0.2, 0.25) is 0 Å². The van der Waals surface area contributed by atoms with Gasteiger partial charge in [0.1, 0.15) is 5.82 Å². The summed E-state index contributed by atoms with van der Waals surface area (Å²) in [5.41, 5.74) is 3.51. The third-order valence-electron chi connectivity index (χ3n) is 3.10. The van der Waals surface area contributed by atoms with Gasteiger partial charge in [0, 0.05) is 0 Å². The lowest BCUT2D eigenvalue weighted by Gasteiger charge is -2.14. The molecule has 0 nitrogen and oxygen atoms in total. The molecule has 1 unspecified atom stereocenters. The van der Waals surface area contributed by atoms with Gasteiger partial charge in [0.25, 0.3) is 0 Å². The van der Waals surface area contributed by atoms with Gasteiger partial charge in [-0.05, 0) is 41.7 Å². The van der Waals surface area contributed by atoms with E-state index in [-0.39, 0.29) is 11.2 Å². The molecule has 2 aromatic rings. The molecule has 2 rings (SSSR count). The highest BCUT2D eigenvalue weighted by molar-refractivity contribution is 6.21. The fraction of sp³-hybridized carbons (Fsp3) is 0.250. The number of benzene rings is 2. The van der Waals surface area contributed by atoms with E-state index in [4.69, 9.17) is 11.6 Å². The van der Waals surface area contributed by atoms with Crippen LogP contribution in [-0.2, 0) is 12.8 Å². The van der Waals surface area contributed by atoms with Gasteiger partial charge in [-0.25, -0.2) is 4.39 Å². The fourth-order valence-electron chi connectivity index (χ4n) is 2.10. The van der Waals surface area contributed by atoms with Crippen LogP contribution < -0.4 is 0 Å². The first-order chi connectivity index (χ1) is 8.70. The Morgan fingerprint density at radius 1 is 1.06 bits per heavy atom. The maximum atomic E-state index is 12.8. The summed E-state index contributed by atoms with van der Waals surface area (Å²) in [6.07, 6.45) is 1.70. The van der Waals surface area contributed by atoms with Gasteiger partial charge in [-0.2, -0.15) is 0 Å². The van der Waals surface area contributed by atoms with Gasteiger partial charge in [-0.1, -0.05) is 43.3 Å². The standard InChI is InChI=1S/C16H16ClF/c1-2-13-5-3-4-6-15(13)16(17)11-12-7-9-14(18)10-8-12/h3-10,16H,2,11H2,1H3. The Hall–Kier alpha value is -1.34. The quantitative estimate of drug-likeness (QED) is 0.687. The molecule has 0 N–H and O–H groups in total. The number of hydrogen-bond acceptors (Lipinski definition) is 0. The fourth-order valence-corrected chi connectivity index (χ4v) is 2.49. The molecular weight excluding hydrogens is 247 g/mol. The molecular formula is C16H16ClF. The normalized spacial score (nSPS) is 12.4. The molecule has 0 aromatic heterocycles. The van der Waals surface area contributed by atoms with Crippen molar-refractivity contribution < 1.29 is 4.39 Å². The second kappa shape index (κ2) is 6.01. The second-order valence-electron chi connectivity index (χ2n) is 4.35. The second-order valence-corrected chi connectivity index (χ2v) is 4.88. The number of alkyl halides is 1. The Labute approximate surface area is 112 Å². The number of hydrogen-bond donors (Lipinski definition) is 0. The van der Waals surface area contributed by atoms with Crippen LogP contribution in [-0.4, -0.2) is 0 Å². The average Bonchev–Trinajstić information content (AvgIpc) is 2.41. The first kappa shape index (κ1) is 13.1. The van der Waals surface area contributed by atoms with Gasteiger partial charge >= 0.3 is 0 Å². The van der Waals surface area contributed by atoms with Crippen molar-refractivity contribution in [1.29, 1.82) is 0 Å². The predicted molar refractivity (Wildman–Crippen MR) is 74.5 cm³/mol. The largest absolute Gasteiger partial charge is 0.207 e. The minimum Gasteiger partial charge on any atom is -0.207 e. The summed E-state index contributed by atoms with van der Waals surface area (Å²) in [5, 5.41) is -0.0633. The molecule has 0 heterocycles. The van der Waals surface area contributed by atoms with E-state index in [2.05, 4.69) is 19.1 Å². The molecule has 18 heavy (non-hydrogen) atoms. The van der Waals surface area contributed by atoms with Crippen molar-refractivity contribution in [3.63, 3.8) is 0 Å². The van der Waals surface area contributed by atoms with Gasteiger partial charge in [-0.15, -0.1) is 11.6 Å². The van der Waals surface area contributed by atoms with Crippen LogP contribution in [0.25, 0.3) is 0 Å². The summed E-state index contributed by atoms with van der Waals surface area (Å²) < 4.78 is 12.8. The molecule has 2 aromatic carbocycles.